The number of piperidine rings is 1. The highest BCUT2D eigenvalue weighted by molar-refractivity contribution is 6.30. The molecule has 0 radical (unpaired) electrons. The van der Waals surface area contributed by atoms with Crippen LogP contribution >= 0.6 is 11.6 Å². The molecule has 8 heteroatoms. The standard InChI is InChI=1S/C22H25ClN6O/c23-15-3-1-4-16(11-15)27-19(14-6-7-14)22(30)28-17-5-2-10-29(12-17)21-18-8-9-24-20(18)25-13-26-21/h1,3-4,8-9,11,13-14,17,19,27H,2,5-7,10,12H2,(H,28,30)(H,24,25,26). The molecule has 3 N–H and O–H groups in total. The maximum absolute atomic E-state index is 13.1. The molecule has 7 nitrogen and oxygen atoms in total. The van der Waals surface area contributed by atoms with Gasteiger partial charge in [0.1, 0.15) is 23.8 Å². The van der Waals surface area contributed by atoms with Crippen LogP contribution in [0.1, 0.15) is 25.7 Å². The fraction of sp³-hybridized carbons (Fsp3) is 0.409. The summed E-state index contributed by atoms with van der Waals surface area (Å²) >= 11 is 6.11. The molecule has 0 spiro atoms. The van der Waals surface area contributed by atoms with Crippen LogP contribution in [-0.4, -0.2) is 46.0 Å². The molecule has 156 valence electrons. The third-order valence-corrected chi connectivity index (χ3v) is 6.16. The van der Waals surface area contributed by atoms with Crippen molar-refractivity contribution in [1.29, 1.82) is 0 Å². The van der Waals surface area contributed by atoms with Crippen LogP contribution in [0.3, 0.4) is 0 Å². The molecular formula is C22H25ClN6O. The van der Waals surface area contributed by atoms with Gasteiger partial charge in [-0.15, -0.1) is 0 Å². The van der Waals surface area contributed by atoms with E-state index in [2.05, 4.69) is 30.5 Å². The number of rotatable bonds is 6. The molecule has 1 amide bonds. The van der Waals surface area contributed by atoms with E-state index in [-0.39, 0.29) is 18.0 Å². The normalized spacial score (nSPS) is 20.2. The maximum Gasteiger partial charge on any atom is 0.243 e. The molecular weight excluding hydrogens is 400 g/mol. The summed E-state index contributed by atoms with van der Waals surface area (Å²) in [7, 11) is 0. The lowest BCUT2D eigenvalue weighted by Gasteiger charge is -2.35. The van der Waals surface area contributed by atoms with E-state index in [9.17, 15) is 4.79 Å². The number of aromatic amines is 1. The minimum atomic E-state index is -0.228. The lowest BCUT2D eigenvalue weighted by molar-refractivity contribution is -0.123. The summed E-state index contributed by atoms with van der Waals surface area (Å²) in [6.45, 7) is 1.67. The number of halogens is 1. The van der Waals surface area contributed by atoms with E-state index in [0.717, 1.165) is 61.3 Å². The van der Waals surface area contributed by atoms with Crippen molar-refractivity contribution in [2.75, 3.05) is 23.3 Å². The van der Waals surface area contributed by atoms with E-state index in [1.165, 1.54) is 0 Å². The van der Waals surface area contributed by atoms with Gasteiger partial charge in [0.05, 0.1) is 5.39 Å². The maximum atomic E-state index is 13.1. The average Bonchev–Trinajstić information content (AvgIpc) is 3.47. The fourth-order valence-corrected chi connectivity index (χ4v) is 4.46. The quantitative estimate of drug-likeness (QED) is 0.563. The van der Waals surface area contributed by atoms with E-state index in [1.54, 1.807) is 6.33 Å². The highest BCUT2D eigenvalue weighted by Gasteiger charge is 2.37. The molecule has 2 unspecified atom stereocenters. The van der Waals surface area contributed by atoms with Gasteiger partial charge in [0.2, 0.25) is 5.91 Å². The summed E-state index contributed by atoms with van der Waals surface area (Å²) in [5.41, 5.74) is 1.72. The molecule has 30 heavy (non-hydrogen) atoms. The molecule has 3 aromatic rings. The van der Waals surface area contributed by atoms with Gasteiger partial charge in [-0.1, -0.05) is 17.7 Å². The summed E-state index contributed by atoms with van der Waals surface area (Å²) in [4.78, 5) is 27.3. The van der Waals surface area contributed by atoms with Crippen LogP contribution in [0, 0.1) is 5.92 Å². The highest BCUT2D eigenvalue weighted by atomic mass is 35.5. The topological polar surface area (TPSA) is 85.9 Å². The third-order valence-electron chi connectivity index (χ3n) is 5.92. The number of hydrogen-bond donors (Lipinski definition) is 3. The number of nitrogens with one attached hydrogen (secondary N) is 3. The summed E-state index contributed by atoms with van der Waals surface area (Å²) in [6.07, 6.45) is 7.61. The Hall–Kier alpha value is -2.80. The van der Waals surface area contributed by atoms with Crippen LogP contribution in [0.5, 0.6) is 0 Å². The summed E-state index contributed by atoms with van der Waals surface area (Å²) in [6, 6.07) is 9.43. The fourth-order valence-electron chi connectivity index (χ4n) is 4.27. The molecule has 0 bridgehead atoms. The van der Waals surface area contributed by atoms with Gasteiger partial charge in [0.25, 0.3) is 0 Å². The van der Waals surface area contributed by atoms with Gasteiger partial charge in [-0.2, -0.15) is 0 Å². The number of carbonyl (C=O) groups excluding carboxylic acids is 1. The molecule has 2 aliphatic rings. The second-order valence-electron chi connectivity index (χ2n) is 8.20. The Bertz CT molecular complexity index is 1050. The first-order valence-electron chi connectivity index (χ1n) is 10.5. The molecule has 1 saturated heterocycles. The van der Waals surface area contributed by atoms with Gasteiger partial charge < -0.3 is 20.5 Å². The van der Waals surface area contributed by atoms with E-state index in [0.29, 0.717) is 10.9 Å². The molecule has 1 saturated carbocycles. The minimum Gasteiger partial charge on any atom is -0.373 e. The number of H-pyrrole nitrogens is 1. The SMILES string of the molecule is O=C(NC1CCCN(c2ncnc3[nH]ccc23)C1)C(Nc1cccc(Cl)c1)C1CC1. The summed E-state index contributed by atoms with van der Waals surface area (Å²) < 4.78 is 0. The van der Waals surface area contributed by atoms with Crippen molar-refractivity contribution in [1.82, 2.24) is 20.3 Å². The van der Waals surface area contributed by atoms with Crippen molar-refractivity contribution in [3.8, 4) is 0 Å². The van der Waals surface area contributed by atoms with Crippen LogP contribution in [0.4, 0.5) is 11.5 Å². The first-order valence-corrected chi connectivity index (χ1v) is 10.9. The Morgan fingerprint density at radius 3 is 2.97 bits per heavy atom. The lowest BCUT2D eigenvalue weighted by atomic mass is 10.0. The van der Waals surface area contributed by atoms with Crippen molar-refractivity contribution >= 4 is 40.0 Å². The average molecular weight is 425 g/mol. The number of aromatic nitrogens is 3. The van der Waals surface area contributed by atoms with Crippen LogP contribution in [0.25, 0.3) is 11.0 Å². The van der Waals surface area contributed by atoms with Crippen LogP contribution in [-0.2, 0) is 4.79 Å². The van der Waals surface area contributed by atoms with Crippen molar-refractivity contribution in [2.24, 2.45) is 5.92 Å². The molecule has 2 fully saturated rings. The molecule has 2 aromatic heterocycles. The Kier molecular flexibility index (Phi) is 5.21. The number of nitrogens with zero attached hydrogens (tertiary/aromatic N) is 3. The smallest absolute Gasteiger partial charge is 0.243 e. The molecule has 5 rings (SSSR count). The highest BCUT2D eigenvalue weighted by Crippen LogP contribution is 2.35. The molecule has 3 heterocycles. The van der Waals surface area contributed by atoms with Crippen molar-refractivity contribution in [3.63, 3.8) is 0 Å². The van der Waals surface area contributed by atoms with Gasteiger partial charge in [-0.3, -0.25) is 4.79 Å². The second-order valence-corrected chi connectivity index (χ2v) is 8.64. The number of hydrogen-bond acceptors (Lipinski definition) is 5. The zero-order valence-electron chi connectivity index (χ0n) is 16.6. The third kappa shape index (κ3) is 4.07. The van der Waals surface area contributed by atoms with Gasteiger partial charge in [0.15, 0.2) is 0 Å². The van der Waals surface area contributed by atoms with Crippen LogP contribution in [0.2, 0.25) is 5.02 Å². The first-order chi connectivity index (χ1) is 14.7. The zero-order chi connectivity index (χ0) is 20.5. The molecule has 1 aliphatic heterocycles. The second kappa shape index (κ2) is 8.14. The van der Waals surface area contributed by atoms with E-state index in [4.69, 9.17) is 11.6 Å². The zero-order valence-corrected chi connectivity index (χ0v) is 17.4. The van der Waals surface area contributed by atoms with E-state index >= 15 is 0 Å². The predicted molar refractivity (Wildman–Crippen MR) is 119 cm³/mol. The van der Waals surface area contributed by atoms with E-state index < -0.39 is 0 Å². The van der Waals surface area contributed by atoms with Gasteiger partial charge >= 0.3 is 0 Å². The monoisotopic (exact) mass is 424 g/mol. The van der Waals surface area contributed by atoms with Crippen molar-refractivity contribution in [2.45, 2.75) is 37.8 Å². The molecule has 2 atom stereocenters. The van der Waals surface area contributed by atoms with Crippen LogP contribution < -0.4 is 15.5 Å². The van der Waals surface area contributed by atoms with E-state index in [1.807, 2.05) is 36.5 Å². The molecule has 1 aliphatic carbocycles. The number of fused-ring (bicyclic) bond motifs is 1. The molecule has 1 aromatic carbocycles. The number of anilines is 2. The predicted octanol–water partition coefficient (Wildman–Crippen LogP) is 3.59. The van der Waals surface area contributed by atoms with Gasteiger partial charge in [-0.25, -0.2) is 9.97 Å². The first kappa shape index (κ1) is 19.2. The Labute approximate surface area is 180 Å². The van der Waals surface area contributed by atoms with Crippen LogP contribution in [0.15, 0.2) is 42.9 Å². The van der Waals surface area contributed by atoms with Crippen molar-refractivity contribution in [3.05, 3.63) is 47.9 Å². The Morgan fingerprint density at radius 2 is 2.13 bits per heavy atom. The Balaban J connectivity index is 1.27. The van der Waals surface area contributed by atoms with Gasteiger partial charge in [0, 0.05) is 36.0 Å². The number of carbonyl (C=O) groups is 1. The minimum absolute atomic E-state index is 0.0683. The number of amides is 1. The summed E-state index contributed by atoms with van der Waals surface area (Å²) in [5.74, 6) is 1.37. The van der Waals surface area contributed by atoms with Gasteiger partial charge in [-0.05, 0) is 55.9 Å². The largest absolute Gasteiger partial charge is 0.373 e. The summed E-state index contributed by atoms with van der Waals surface area (Å²) in [5, 5.41) is 8.37. The number of benzene rings is 1. The lowest BCUT2D eigenvalue weighted by Crippen LogP contribution is -2.52. The Morgan fingerprint density at radius 1 is 1.23 bits per heavy atom. The van der Waals surface area contributed by atoms with Crippen molar-refractivity contribution < 1.29 is 4.79 Å².